The predicted octanol–water partition coefficient (Wildman–Crippen LogP) is -0.265. The third-order valence-electron chi connectivity index (χ3n) is 5.70. The Labute approximate surface area is 176 Å². The standard InChI is InChI=1S/C17H27N7O2.2ClH/c1-19-7-9-22(10-8-19)11-12-23-5-4-6-24-13-14(18-16(23)24)20(2)17(26)21(3)15(13)25;;/h4-12H2,1-3H3;2*1H. The van der Waals surface area contributed by atoms with Crippen molar-refractivity contribution in [1.82, 2.24) is 28.5 Å². The zero-order valence-corrected chi connectivity index (χ0v) is 18.3. The van der Waals surface area contributed by atoms with Crippen LogP contribution >= 0.6 is 24.8 Å². The zero-order chi connectivity index (χ0) is 18.4. The summed E-state index contributed by atoms with van der Waals surface area (Å²) in [6.45, 7) is 7.99. The van der Waals surface area contributed by atoms with E-state index >= 15 is 0 Å². The molecular formula is C17H29Cl2N7O2. The summed E-state index contributed by atoms with van der Waals surface area (Å²) >= 11 is 0. The van der Waals surface area contributed by atoms with E-state index in [4.69, 9.17) is 0 Å². The van der Waals surface area contributed by atoms with E-state index in [1.54, 1.807) is 7.05 Å². The maximum Gasteiger partial charge on any atom is 0.332 e. The molecule has 0 aromatic carbocycles. The molecule has 9 nitrogen and oxygen atoms in total. The van der Waals surface area contributed by atoms with Crippen LogP contribution in [0.2, 0.25) is 0 Å². The maximum absolute atomic E-state index is 12.6. The minimum atomic E-state index is -0.332. The molecule has 2 aliphatic rings. The van der Waals surface area contributed by atoms with Crippen LogP contribution in [0.3, 0.4) is 0 Å². The van der Waals surface area contributed by atoms with Crippen LogP contribution in [0.25, 0.3) is 11.2 Å². The van der Waals surface area contributed by atoms with Crippen molar-refractivity contribution in [2.45, 2.75) is 13.0 Å². The Morgan fingerprint density at radius 3 is 2.21 bits per heavy atom. The first-order valence-corrected chi connectivity index (χ1v) is 9.29. The summed E-state index contributed by atoms with van der Waals surface area (Å²) in [5.41, 5.74) is 0.429. The lowest BCUT2D eigenvalue weighted by atomic mass is 10.3. The van der Waals surface area contributed by atoms with E-state index in [1.165, 1.54) is 16.2 Å². The van der Waals surface area contributed by atoms with Gasteiger partial charge in [-0.25, -0.2) is 4.79 Å². The second-order valence-electron chi connectivity index (χ2n) is 7.43. The lowest BCUT2D eigenvalue weighted by Gasteiger charge is -2.35. The quantitative estimate of drug-likeness (QED) is 0.663. The molecular weight excluding hydrogens is 405 g/mol. The Kier molecular flexibility index (Phi) is 7.19. The highest BCUT2D eigenvalue weighted by Gasteiger charge is 2.26. The van der Waals surface area contributed by atoms with Crippen molar-refractivity contribution >= 4 is 41.9 Å². The van der Waals surface area contributed by atoms with Gasteiger partial charge in [0.25, 0.3) is 5.56 Å². The summed E-state index contributed by atoms with van der Waals surface area (Å²) in [7, 11) is 5.37. The number of hydrogen-bond donors (Lipinski definition) is 0. The number of nitrogens with zero attached hydrogens (tertiary/aromatic N) is 7. The van der Waals surface area contributed by atoms with Crippen molar-refractivity contribution in [3.8, 4) is 0 Å². The Morgan fingerprint density at radius 2 is 1.54 bits per heavy atom. The molecule has 0 atom stereocenters. The summed E-state index contributed by atoms with van der Waals surface area (Å²) in [6.07, 6.45) is 0.979. The van der Waals surface area contributed by atoms with Crippen LogP contribution in [-0.2, 0) is 20.6 Å². The average Bonchev–Trinajstić information content (AvgIpc) is 3.04. The number of aryl methyl sites for hydroxylation is 2. The maximum atomic E-state index is 12.6. The van der Waals surface area contributed by atoms with Gasteiger partial charge in [-0.2, -0.15) is 4.98 Å². The normalized spacial score (nSPS) is 17.9. The molecule has 158 valence electrons. The molecule has 4 rings (SSSR count). The molecule has 0 unspecified atom stereocenters. The second-order valence-corrected chi connectivity index (χ2v) is 7.43. The highest BCUT2D eigenvalue weighted by molar-refractivity contribution is 5.85. The molecule has 2 aliphatic heterocycles. The number of fused-ring (bicyclic) bond motifs is 3. The predicted molar refractivity (Wildman–Crippen MR) is 115 cm³/mol. The molecule has 0 spiro atoms. The number of aromatic nitrogens is 4. The summed E-state index contributed by atoms with van der Waals surface area (Å²) in [5, 5.41) is 0. The van der Waals surface area contributed by atoms with Crippen molar-refractivity contribution in [2.75, 3.05) is 57.8 Å². The van der Waals surface area contributed by atoms with Gasteiger partial charge in [-0.15, -0.1) is 24.8 Å². The van der Waals surface area contributed by atoms with E-state index in [2.05, 4.69) is 26.7 Å². The fourth-order valence-electron chi connectivity index (χ4n) is 3.95. The molecule has 0 radical (unpaired) electrons. The minimum Gasteiger partial charge on any atom is -0.341 e. The first-order chi connectivity index (χ1) is 12.5. The first kappa shape index (κ1) is 22.7. The van der Waals surface area contributed by atoms with Gasteiger partial charge in [-0.05, 0) is 13.5 Å². The van der Waals surface area contributed by atoms with Crippen molar-refractivity contribution in [3.05, 3.63) is 20.8 Å². The van der Waals surface area contributed by atoms with Crippen LogP contribution in [0, 0.1) is 0 Å². The van der Waals surface area contributed by atoms with E-state index in [-0.39, 0.29) is 36.1 Å². The summed E-state index contributed by atoms with van der Waals surface area (Å²) in [6, 6.07) is 0. The van der Waals surface area contributed by atoms with Gasteiger partial charge < -0.3 is 14.4 Å². The number of imidazole rings is 1. The fraction of sp³-hybridized carbons (Fsp3) is 0.706. The van der Waals surface area contributed by atoms with Crippen LogP contribution in [0.1, 0.15) is 6.42 Å². The van der Waals surface area contributed by atoms with E-state index in [9.17, 15) is 9.59 Å². The largest absolute Gasteiger partial charge is 0.341 e. The number of anilines is 1. The van der Waals surface area contributed by atoms with Gasteiger partial charge in [-0.3, -0.25) is 18.8 Å². The number of hydrogen-bond acceptors (Lipinski definition) is 6. The van der Waals surface area contributed by atoms with Crippen LogP contribution < -0.4 is 16.1 Å². The van der Waals surface area contributed by atoms with E-state index in [0.29, 0.717) is 11.2 Å². The van der Waals surface area contributed by atoms with E-state index < -0.39 is 0 Å². The fourth-order valence-corrected chi connectivity index (χ4v) is 3.95. The monoisotopic (exact) mass is 433 g/mol. The molecule has 0 saturated carbocycles. The van der Waals surface area contributed by atoms with E-state index in [1.807, 2.05) is 4.57 Å². The second kappa shape index (κ2) is 8.86. The van der Waals surface area contributed by atoms with Gasteiger partial charge in [0.05, 0.1) is 0 Å². The zero-order valence-electron chi connectivity index (χ0n) is 16.6. The molecule has 4 heterocycles. The van der Waals surface area contributed by atoms with Gasteiger partial charge in [0.15, 0.2) is 11.2 Å². The lowest BCUT2D eigenvalue weighted by Crippen LogP contribution is -2.47. The number of halogens is 2. The first-order valence-electron chi connectivity index (χ1n) is 9.29. The molecule has 0 bridgehead atoms. The van der Waals surface area contributed by atoms with Crippen LogP contribution in [-0.4, -0.2) is 81.3 Å². The molecule has 1 saturated heterocycles. The van der Waals surface area contributed by atoms with Gasteiger partial charge in [0.2, 0.25) is 5.95 Å². The Morgan fingerprint density at radius 1 is 0.857 bits per heavy atom. The van der Waals surface area contributed by atoms with Crippen molar-refractivity contribution in [3.63, 3.8) is 0 Å². The molecule has 28 heavy (non-hydrogen) atoms. The SMILES string of the molecule is CN1CCN(CCN2CCCn3c2nc2c3c(=O)n(C)c(=O)n2C)CC1.Cl.Cl. The smallest absolute Gasteiger partial charge is 0.332 e. The summed E-state index contributed by atoms with van der Waals surface area (Å²) < 4.78 is 4.63. The van der Waals surface area contributed by atoms with E-state index in [0.717, 1.165) is 64.7 Å². The van der Waals surface area contributed by atoms with Crippen LogP contribution in [0.4, 0.5) is 5.95 Å². The van der Waals surface area contributed by atoms with Crippen molar-refractivity contribution in [1.29, 1.82) is 0 Å². The molecule has 2 aromatic rings. The highest BCUT2D eigenvalue weighted by Crippen LogP contribution is 2.24. The third-order valence-corrected chi connectivity index (χ3v) is 5.70. The molecule has 0 amide bonds. The summed E-state index contributed by atoms with van der Waals surface area (Å²) in [4.78, 5) is 36.6. The number of rotatable bonds is 3. The summed E-state index contributed by atoms with van der Waals surface area (Å²) in [5.74, 6) is 0.818. The Balaban J connectivity index is 0.00000140. The highest BCUT2D eigenvalue weighted by atomic mass is 35.5. The molecule has 0 N–H and O–H groups in total. The number of piperazine rings is 1. The average molecular weight is 434 g/mol. The minimum absolute atomic E-state index is 0. The van der Waals surface area contributed by atoms with Gasteiger partial charge >= 0.3 is 5.69 Å². The van der Waals surface area contributed by atoms with Gasteiger partial charge in [0, 0.05) is 66.5 Å². The van der Waals surface area contributed by atoms with Crippen molar-refractivity contribution in [2.24, 2.45) is 14.1 Å². The van der Waals surface area contributed by atoms with Crippen LogP contribution in [0.15, 0.2) is 9.59 Å². The van der Waals surface area contributed by atoms with Crippen LogP contribution in [0.5, 0.6) is 0 Å². The number of likely N-dealkylation sites (N-methyl/N-ethyl adjacent to an activating group) is 1. The van der Waals surface area contributed by atoms with Gasteiger partial charge in [0.1, 0.15) is 0 Å². The molecule has 2 aromatic heterocycles. The van der Waals surface area contributed by atoms with Gasteiger partial charge in [-0.1, -0.05) is 0 Å². The molecule has 0 aliphatic carbocycles. The topological polar surface area (TPSA) is 71.5 Å². The lowest BCUT2D eigenvalue weighted by molar-refractivity contribution is 0.156. The molecule has 1 fully saturated rings. The Bertz CT molecular complexity index is 944. The molecule has 11 heteroatoms. The Hall–Kier alpha value is -1.55. The third kappa shape index (κ3) is 3.80. The van der Waals surface area contributed by atoms with Crippen molar-refractivity contribution < 1.29 is 0 Å².